The first-order valence-electron chi connectivity index (χ1n) is 8.11. The van der Waals surface area contributed by atoms with E-state index >= 15 is 0 Å². The molecule has 0 atom stereocenters. The van der Waals surface area contributed by atoms with Crippen LogP contribution >= 0.6 is 0 Å². The van der Waals surface area contributed by atoms with Gasteiger partial charge in [-0.1, -0.05) is 18.2 Å². The highest BCUT2D eigenvalue weighted by atomic mass is 32.2. The van der Waals surface area contributed by atoms with Gasteiger partial charge in [0.1, 0.15) is 16.5 Å². The molecule has 0 amide bonds. The summed E-state index contributed by atoms with van der Waals surface area (Å²) in [5.41, 5.74) is 1.57. The fraction of sp³-hybridized carbons (Fsp3) is 0.200. The van der Waals surface area contributed by atoms with E-state index in [9.17, 15) is 13.2 Å². The Kier molecular flexibility index (Phi) is 6.44. The topological polar surface area (TPSA) is 103 Å². The Morgan fingerprint density at radius 1 is 1.07 bits per heavy atom. The summed E-state index contributed by atoms with van der Waals surface area (Å²) >= 11 is 0. The van der Waals surface area contributed by atoms with Gasteiger partial charge in [-0.05, 0) is 54.8 Å². The third kappa shape index (κ3) is 4.69. The van der Waals surface area contributed by atoms with Crippen LogP contribution in [0.4, 0.5) is 0 Å². The highest BCUT2D eigenvalue weighted by molar-refractivity contribution is 7.87. The molecule has 146 valence electrons. The normalized spacial score (nSPS) is 11.5. The summed E-state index contributed by atoms with van der Waals surface area (Å²) in [6.45, 7) is 3.46. The first kappa shape index (κ1) is 21.0. The number of nitrogens with zero attached hydrogens (tertiary/aromatic N) is 1. The fourth-order valence-electron chi connectivity index (χ4n) is 2.40. The number of hydrogen-bond acceptors (Lipinski definition) is 7. The molecule has 0 N–H and O–H groups in total. The highest BCUT2D eigenvalue weighted by Gasteiger charge is 2.22. The van der Waals surface area contributed by atoms with Crippen LogP contribution < -0.4 is 8.92 Å². The average Bonchev–Trinajstić information content (AvgIpc) is 2.67. The number of methoxy groups -OCH3 is 2. The maximum atomic E-state index is 12.7. The monoisotopic (exact) mass is 401 g/mol. The third-order valence-corrected chi connectivity index (χ3v) is 5.21. The minimum Gasteiger partial charge on any atom is -0.493 e. The first-order chi connectivity index (χ1) is 13.2. The van der Waals surface area contributed by atoms with Gasteiger partial charge in [-0.25, -0.2) is 4.79 Å². The molecular formula is C20H19NO6S. The number of rotatable bonds is 6. The molecule has 8 heteroatoms. The largest absolute Gasteiger partial charge is 0.493 e. The lowest BCUT2D eigenvalue weighted by atomic mass is 10.1. The molecule has 0 unspecified atom stereocenters. The van der Waals surface area contributed by atoms with Gasteiger partial charge in [0.25, 0.3) is 0 Å². The van der Waals surface area contributed by atoms with Crippen molar-refractivity contribution >= 4 is 22.2 Å². The van der Waals surface area contributed by atoms with Gasteiger partial charge in [0.05, 0.1) is 14.2 Å². The van der Waals surface area contributed by atoms with E-state index in [0.29, 0.717) is 11.1 Å². The van der Waals surface area contributed by atoms with Crippen molar-refractivity contribution in [3.63, 3.8) is 0 Å². The van der Waals surface area contributed by atoms with Crippen molar-refractivity contribution < 1.29 is 26.9 Å². The molecule has 0 aromatic heterocycles. The molecule has 0 aliphatic carbocycles. The Bertz CT molecular complexity index is 1080. The van der Waals surface area contributed by atoms with Crippen LogP contribution in [0, 0.1) is 25.2 Å². The quantitative estimate of drug-likeness (QED) is 0.317. The highest BCUT2D eigenvalue weighted by Crippen LogP contribution is 2.32. The molecule has 2 aromatic carbocycles. The Morgan fingerprint density at radius 3 is 2.39 bits per heavy atom. The summed E-state index contributed by atoms with van der Waals surface area (Å²) in [6.07, 6.45) is 1.30. The zero-order valence-electron chi connectivity index (χ0n) is 15.8. The van der Waals surface area contributed by atoms with Gasteiger partial charge < -0.3 is 13.7 Å². The molecule has 0 radical (unpaired) electrons. The molecule has 2 aromatic rings. The molecule has 0 fully saturated rings. The van der Waals surface area contributed by atoms with E-state index in [-0.39, 0.29) is 22.0 Å². The van der Waals surface area contributed by atoms with Crippen molar-refractivity contribution in [2.75, 3.05) is 14.2 Å². The second-order valence-corrected chi connectivity index (χ2v) is 7.39. The van der Waals surface area contributed by atoms with Gasteiger partial charge in [-0.15, -0.1) is 0 Å². The first-order valence-corrected chi connectivity index (χ1v) is 9.52. The van der Waals surface area contributed by atoms with Crippen molar-refractivity contribution in [1.29, 1.82) is 5.26 Å². The van der Waals surface area contributed by atoms with Crippen LogP contribution in [0.2, 0.25) is 0 Å². The summed E-state index contributed by atoms with van der Waals surface area (Å²) in [4.78, 5) is 11.6. The number of carbonyl (C=O) groups is 1. The predicted molar refractivity (Wildman–Crippen MR) is 102 cm³/mol. The van der Waals surface area contributed by atoms with E-state index in [0.717, 1.165) is 5.56 Å². The van der Waals surface area contributed by atoms with Crippen LogP contribution in [-0.4, -0.2) is 28.6 Å². The zero-order valence-corrected chi connectivity index (χ0v) is 16.7. The SMILES string of the molecule is COC(=O)/C(C#N)=C/c1ccc(OS(=O)(=O)c2cc(C)ccc2C)c(OC)c1. The molecular weight excluding hydrogens is 382 g/mol. The van der Waals surface area contributed by atoms with Crippen molar-refractivity contribution in [2.24, 2.45) is 0 Å². The average molecular weight is 401 g/mol. The summed E-state index contributed by atoms with van der Waals surface area (Å²) in [5, 5.41) is 9.04. The molecule has 0 aliphatic heterocycles. The number of benzene rings is 2. The van der Waals surface area contributed by atoms with Gasteiger partial charge in [0.2, 0.25) is 0 Å². The smallest absolute Gasteiger partial charge is 0.348 e. The Hall–Kier alpha value is -3.31. The molecule has 0 bridgehead atoms. The van der Waals surface area contributed by atoms with Crippen molar-refractivity contribution in [3.8, 4) is 17.6 Å². The Morgan fingerprint density at radius 2 is 1.79 bits per heavy atom. The maximum absolute atomic E-state index is 12.7. The third-order valence-electron chi connectivity index (χ3n) is 3.84. The van der Waals surface area contributed by atoms with E-state index in [4.69, 9.17) is 14.2 Å². The van der Waals surface area contributed by atoms with Gasteiger partial charge in [0.15, 0.2) is 11.5 Å². The van der Waals surface area contributed by atoms with Crippen molar-refractivity contribution in [3.05, 3.63) is 58.7 Å². The molecule has 0 heterocycles. The van der Waals surface area contributed by atoms with Gasteiger partial charge in [-0.2, -0.15) is 13.7 Å². The zero-order chi connectivity index (χ0) is 20.9. The van der Waals surface area contributed by atoms with Crippen LogP contribution in [0.3, 0.4) is 0 Å². The van der Waals surface area contributed by atoms with Crippen LogP contribution in [-0.2, 0) is 19.6 Å². The lowest BCUT2D eigenvalue weighted by Crippen LogP contribution is -2.12. The number of nitriles is 1. The summed E-state index contributed by atoms with van der Waals surface area (Å²) in [7, 11) is -1.56. The second kappa shape index (κ2) is 8.59. The number of carbonyl (C=O) groups excluding carboxylic acids is 1. The van der Waals surface area contributed by atoms with Crippen LogP contribution in [0.25, 0.3) is 6.08 Å². The second-order valence-electron chi connectivity index (χ2n) is 5.88. The molecule has 0 spiro atoms. The van der Waals surface area contributed by atoms with Crippen LogP contribution in [0.15, 0.2) is 46.9 Å². The van der Waals surface area contributed by atoms with E-state index in [1.165, 1.54) is 44.6 Å². The molecule has 2 rings (SSSR count). The summed E-state index contributed by atoms with van der Waals surface area (Å²) < 4.78 is 40.4. The lowest BCUT2D eigenvalue weighted by molar-refractivity contribution is -0.135. The number of aryl methyl sites for hydroxylation is 2. The van der Waals surface area contributed by atoms with Crippen LogP contribution in [0.1, 0.15) is 16.7 Å². The minimum atomic E-state index is -4.08. The summed E-state index contributed by atoms with van der Waals surface area (Å²) in [6, 6.07) is 11.1. The number of ether oxygens (including phenoxy) is 2. The van der Waals surface area contributed by atoms with Gasteiger partial charge in [0, 0.05) is 0 Å². The molecule has 28 heavy (non-hydrogen) atoms. The fourth-order valence-corrected chi connectivity index (χ4v) is 3.65. The standard InChI is InChI=1S/C20H19NO6S/c1-13-5-6-14(2)19(9-13)28(23,24)27-17-8-7-15(11-18(17)25-3)10-16(12-21)20(22)26-4/h5-11H,1-4H3/b16-10+. The lowest BCUT2D eigenvalue weighted by Gasteiger charge is -2.13. The number of hydrogen-bond donors (Lipinski definition) is 0. The number of esters is 1. The van der Waals surface area contributed by atoms with Crippen LogP contribution in [0.5, 0.6) is 11.5 Å². The van der Waals surface area contributed by atoms with Gasteiger partial charge >= 0.3 is 16.1 Å². The predicted octanol–water partition coefficient (Wildman–Crippen LogP) is 3.16. The maximum Gasteiger partial charge on any atom is 0.348 e. The molecule has 0 aliphatic rings. The van der Waals surface area contributed by atoms with E-state index < -0.39 is 16.1 Å². The Labute approximate surface area is 163 Å². The summed E-state index contributed by atoms with van der Waals surface area (Å²) in [5.74, 6) is -0.666. The Balaban J connectivity index is 2.42. The molecule has 0 saturated heterocycles. The van der Waals surface area contributed by atoms with Crippen molar-refractivity contribution in [1.82, 2.24) is 0 Å². The van der Waals surface area contributed by atoms with E-state index in [1.807, 2.05) is 6.07 Å². The van der Waals surface area contributed by atoms with E-state index in [2.05, 4.69) is 4.74 Å². The minimum absolute atomic E-state index is 0.0165. The van der Waals surface area contributed by atoms with E-state index in [1.54, 1.807) is 26.0 Å². The van der Waals surface area contributed by atoms with Gasteiger partial charge in [-0.3, -0.25) is 0 Å². The molecule has 0 saturated carbocycles. The van der Waals surface area contributed by atoms with Crippen molar-refractivity contribution in [2.45, 2.75) is 18.7 Å². The molecule has 7 nitrogen and oxygen atoms in total.